The van der Waals surface area contributed by atoms with Crippen LogP contribution in [0.25, 0.3) is 0 Å². The molecule has 1 unspecified atom stereocenters. The summed E-state index contributed by atoms with van der Waals surface area (Å²) in [4.78, 5) is 36.2. The number of aromatic nitrogens is 3. The van der Waals surface area contributed by atoms with E-state index in [1.165, 1.54) is 0 Å². The zero-order valence-corrected chi connectivity index (χ0v) is 19.6. The highest BCUT2D eigenvalue weighted by molar-refractivity contribution is 5.99. The molecule has 1 aliphatic heterocycles. The topological polar surface area (TPSA) is 113 Å². The SMILES string of the molecule is CCC(C)(C)c1nc(C(=O)C2CCCN2C(=O)CNC(C)(C)CNc2ccccn2)no1. The molecule has 2 aromatic rings. The molecule has 2 N–H and O–H groups in total. The third-order valence-electron chi connectivity index (χ3n) is 6.08. The normalized spacial score (nSPS) is 16.9. The van der Waals surface area contributed by atoms with Gasteiger partial charge in [0.1, 0.15) is 5.82 Å². The first-order valence-corrected chi connectivity index (χ1v) is 11.2. The molecule has 1 amide bonds. The Morgan fingerprint density at radius 3 is 2.72 bits per heavy atom. The first-order chi connectivity index (χ1) is 15.1. The number of nitrogens with one attached hydrogen (secondary N) is 2. The largest absolute Gasteiger partial charge is 0.368 e. The van der Waals surface area contributed by atoms with Crippen molar-refractivity contribution in [3.8, 4) is 0 Å². The molecular weight excluding hydrogens is 408 g/mol. The van der Waals surface area contributed by atoms with Gasteiger partial charge in [-0.15, -0.1) is 0 Å². The van der Waals surface area contributed by atoms with E-state index in [2.05, 4.69) is 25.8 Å². The Morgan fingerprint density at radius 1 is 1.25 bits per heavy atom. The Labute approximate surface area is 189 Å². The van der Waals surface area contributed by atoms with Gasteiger partial charge in [0.05, 0.1) is 12.6 Å². The van der Waals surface area contributed by atoms with Gasteiger partial charge in [-0.2, -0.15) is 4.98 Å². The van der Waals surface area contributed by atoms with Crippen molar-refractivity contribution in [1.29, 1.82) is 0 Å². The molecule has 32 heavy (non-hydrogen) atoms. The minimum atomic E-state index is -0.547. The van der Waals surface area contributed by atoms with Crippen molar-refractivity contribution >= 4 is 17.5 Å². The predicted molar refractivity (Wildman–Crippen MR) is 121 cm³/mol. The van der Waals surface area contributed by atoms with Crippen molar-refractivity contribution in [1.82, 2.24) is 25.3 Å². The number of rotatable bonds is 10. The van der Waals surface area contributed by atoms with E-state index in [0.717, 1.165) is 18.7 Å². The van der Waals surface area contributed by atoms with Crippen LogP contribution in [0.2, 0.25) is 0 Å². The van der Waals surface area contributed by atoms with Crippen LogP contribution in [-0.2, 0) is 10.2 Å². The lowest BCUT2D eigenvalue weighted by Gasteiger charge is -2.29. The number of Topliss-reactive ketones (excluding diaryl/α,β-unsaturated/α-hetero) is 1. The van der Waals surface area contributed by atoms with Gasteiger partial charge in [0.15, 0.2) is 0 Å². The molecule has 0 saturated carbocycles. The fourth-order valence-electron chi connectivity index (χ4n) is 3.49. The van der Waals surface area contributed by atoms with Gasteiger partial charge >= 0.3 is 0 Å². The van der Waals surface area contributed by atoms with Gasteiger partial charge in [-0.05, 0) is 45.2 Å². The number of carbonyl (C=O) groups is 2. The molecule has 9 heteroatoms. The lowest BCUT2D eigenvalue weighted by atomic mass is 9.90. The summed E-state index contributed by atoms with van der Waals surface area (Å²) < 4.78 is 5.34. The van der Waals surface area contributed by atoms with Gasteiger partial charge < -0.3 is 20.1 Å². The van der Waals surface area contributed by atoms with E-state index >= 15 is 0 Å². The number of anilines is 1. The van der Waals surface area contributed by atoms with Crippen molar-refractivity contribution in [3.63, 3.8) is 0 Å². The molecule has 9 nitrogen and oxygen atoms in total. The molecule has 0 radical (unpaired) electrons. The molecule has 3 heterocycles. The minimum Gasteiger partial charge on any atom is -0.368 e. The lowest BCUT2D eigenvalue weighted by Crippen LogP contribution is -2.51. The first kappa shape index (κ1) is 23.8. The maximum absolute atomic E-state index is 13.0. The standard InChI is InChI=1S/C23H34N6O3/c1-6-22(2,3)21-27-20(28-32-21)19(31)16-10-9-13-29(16)18(30)14-26-23(4,5)15-25-17-11-7-8-12-24-17/h7-8,11-12,16,26H,6,9-10,13-15H2,1-5H3,(H,24,25). The average Bonchev–Trinajstić information content (AvgIpc) is 3.47. The van der Waals surface area contributed by atoms with Crippen LogP contribution in [0.1, 0.15) is 70.4 Å². The van der Waals surface area contributed by atoms with Gasteiger partial charge in [-0.3, -0.25) is 9.59 Å². The third kappa shape index (κ3) is 5.70. The van der Waals surface area contributed by atoms with E-state index in [4.69, 9.17) is 4.52 Å². The second-order valence-electron chi connectivity index (χ2n) is 9.58. The van der Waals surface area contributed by atoms with Crippen molar-refractivity contribution in [2.75, 3.05) is 25.0 Å². The van der Waals surface area contributed by atoms with Gasteiger partial charge in [-0.25, -0.2) is 4.98 Å². The Morgan fingerprint density at radius 2 is 2.03 bits per heavy atom. The van der Waals surface area contributed by atoms with Crippen LogP contribution < -0.4 is 10.6 Å². The number of ketones is 1. The highest BCUT2D eigenvalue weighted by Crippen LogP contribution is 2.26. The van der Waals surface area contributed by atoms with E-state index in [1.807, 2.05) is 52.8 Å². The van der Waals surface area contributed by atoms with Crippen LogP contribution >= 0.6 is 0 Å². The van der Waals surface area contributed by atoms with Crippen molar-refractivity contribution in [2.45, 2.75) is 70.9 Å². The second kappa shape index (κ2) is 9.77. The van der Waals surface area contributed by atoms with Gasteiger partial charge in [0.25, 0.3) is 0 Å². The minimum absolute atomic E-state index is 0.0547. The number of pyridine rings is 1. The van der Waals surface area contributed by atoms with E-state index in [-0.39, 0.29) is 35.0 Å². The van der Waals surface area contributed by atoms with Crippen LogP contribution in [-0.4, -0.2) is 62.9 Å². The van der Waals surface area contributed by atoms with Crippen LogP contribution in [0.4, 0.5) is 5.82 Å². The highest BCUT2D eigenvalue weighted by Gasteiger charge is 2.38. The van der Waals surface area contributed by atoms with E-state index in [1.54, 1.807) is 11.1 Å². The van der Waals surface area contributed by atoms with Crippen molar-refractivity contribution in [2.24, 2.45) is 0 Å². The molecule has 3 rings (SSSR count). The predicted octanol–water partition coefficient (Wildman–Crippen LogP) is 2.81. The zero-order valence-electron chi connectivity index (χ0n) is 19.6. The zero-order chi connectivity index (χ0) is 23.4. The van der Waals surface area contributed by atoms with Crippen molar-refractivity contribution in [3.05, 3.63) is 36.1 Å². The van der Waals surface area contributed by atoms with Gasteiger partial charge in [0.2, 0.25) is 23.4 Å². The molecule has 1 fully saturated rings. The Bertz CT molecular complexity index is 925. The Hall–Kier alpha value is -2.81. The lowest BCUT2D eigenvalue weighted by molar-refractivity contribution is -0.130. The summed E-state index contributed by atoms with van der Waals surface area (Å²) in [7, 11) is 0. The third-order valence-corrected chi connectivity index (χ3v) is 6.08. The summed E-state index contributed by atoms with van der Waals surface area (Å²) in [5.74, 6) is 0.921. The fourth-order valence-corrected chi connectivity index (χ4v) is 3.49. The fraction of sp³-hybridized carbons (Fsp3) is 0.609. The summed E-state index contributed by atoms with van der Waals surface area (Å²) in [5, 5.41) is 10.5. The summed E-state index contributed by atoms with van der Waals surface area (Å²) in [6, 6.07) is 5.13. The molecule has 1 aliphatic rings. The van der Waals surface area contributed by atoms with Crippen LogP contribution in [0, 0.1) is 0 Å². The number of amides is 1. The van der Waals surface area contributed by atoms with Crippen LogP contribution in [0.5, 0.6) is 0 Å². The maximum Gasteiger partial charge on any atom is 0.240 e. The smallest absolute Gasteiger partial charge is 0.240 e. The van der Waals surface area contributed by atoms with E-state index < -0.39 is 6.04 Å². The van der Waals surface area contributed by atoms with E-state index in [9.17, 15) is 9.59 Å². The van der Waals surface area contributed by atoms with Gasteiger partial charge in [0, 0.05) is 30.2 Å². The monoisotopic (exact) mass is 442 g/mol. The van der Waals surface area contributed by atoms with Crippen LogP contribution in [0.15, 0.2) is 28.9 Å². The summed E-state index contributed by atoms with van der Waals surface area (Å²) >= 11 is 0. The molecule has 0 aliphatic carbocycles. The number of hydrogen-bond donors (Lipinski definition) is 2. The van der Waals surface area contributed by atoms with E-state index in [0.29, 0.717) is 25.4 Å². The number of hydrogen-bond acceptors (Lipinski definition) is 8. The summed E-state index contributed by atoms with van der Waals surface area (Å²) in [6.45, 7) is 11.3. The number of carbonyl (C=O) groups excluding carboxylic acids is 2. The van der Waals surface area contributed by atoms with Gasteiger partial charge in [-0.1, -0.05) is 32.0 Å². The summed E-state index contributed by atoms with van der Waals surface area (Å²) in [5.41, 5.74) is -0.643. The molecular formula is C23H34N6O3. The first-order valence-electron chi connectivity index (χ1n) is 11.2. The summed E-state index contributed by atoms with van der Waals surface area (Å²) in [6.07, 6.45) is 3.93. The van der Waals surface area contributed by atoms with Crippen LogP contribution in [0.3, 0.4) is 0 Å². The average molecular weight is 443 g/mol. The Kier molecular flexibility index (Phi) is 7.28. The number of nitrogens with zero attached hydrogens (tertiary/aromatic N) is 4. The molecule has 1 saturated heterocycles. The molecule has 1 atom stereocenters. The highest BCUT2D eigenvalue weighted by atomic mass is 16.5. The molecule has 0 bridgehead atoms. The molecule has 174 valence electrons. The second-order valence-corrected chi connectivity index (χ2v) is 9.58. The number of likely N-dealkylation sites (tertiary alicyclic amines) is 1. The molecule has 2 aromatic heterocycles. The molecule has 0 spiro atoms. The molecule has 0 aromatic carbocycles. The quantitative estimate of drug-likeness (QED) is 0.540. The maximum atomic E-state index is 13.0. The van der Waals surface area contributed by atoms with Crippen molar-refractivity contribution < 1.29 is 14.1 Å². The Balaban J connectivity index is 1.57.